The molecular weight excluding hydrogens is 588 g/mol. The number of unbranched alkanes of at least 4 members (excludes halogenated alkanes) is 13. The maximum atomic E-state index is 7.11. The van der Waals surface area contributed by atoms with Gasteiger partial charge in [0, 0.05) is 6.61 Å². The summed E-state index contributed by atoms with van der Waals surface area (Å²) in [5.41, 5.74) is 3.63. The van der Waals surface area contributed by atoms with Gasteiger partial charge in [-0.3, -0.25) is 0 Å². The molecule has 0 fully saturated rings. The summed E-state index contributed by atoms with van der Waals surface area (Å²) < 4.78 is 19.9. The molecule has 0 saturated heterocycles. The molecule has 3 heteroatoms. The molecule has 0 aromatic heterocycles. The van der Waals surface area contributed by atoms with E-state index in [1.807, 2.05) is 6.07 Å². The Morgan fingerprint density at radius 3 is 1.29 bits per heavy atom. The van der Waals surface area contributed by atoms with Crippen molar-refractivity contribution >= 4 is 0 Å². The third kappa shape index (κ3) is 13.0. The second kappa shape index (κ2) is 23.2. The fourth-order valence-corrected chi connectivity index (χ4v) is 6.53. The van der Waals surface area contributed by atoms with Gasteiger partial charge in [-0.2, -0.15) is 0 Å². The lowest BCUT2D eigenvalue weighted by Crippen LogP contribution is -2.37. The largest absolute Gasteiger partial charge is 0.379 e. The zero-order chi connectivity index (χ0) is 33.4. The van der Waals surface area contributed by atoms with Gasteiger partial charge < -0.3 is 14.2 Å². The highest BCUT2D eigenvalue weighted by Gasteiger charge is 2.38. The third-order valence-electron chi connectivity index (χ3n) is 9.30. The lowest BCUT2D eigenvalue weighted by atomic mass is 9.80. The van der Waals surface area contributed by atoms with Gasteiger partial charge in [0.1, 0.15) is 11.7 Å². The molecule has 0 aliphatic rings. The maximum absolute atomic E-state index is 7.11. The van der Waals surface area contributed by atoms with Crippen molar-refractivity contribution in [3.05, 3.63) is 144 Å². The quantitative estimate of drug-likeness (QED) is 0.0501. The first kappa shape index (κ1) is 37.6. The normalized spacial score (nSPS) is 12.3. The smallest absolute Gasteiger partial charge is 0.143 e. The molecule has 0 spiro atoms. The monoisotopic (exact) mass is 648 g/mol. The highest BCUT2D eigenvalue weighted by molar-refractivity contribution is 5.47. The number of rotatable bonds is 26. The molecule has 0 aliphatic carbocycles. The number of hydrogen-bond donors (Lipinski definition) is 0. The van der Waals surface area contributed by atoms with E-state index in [2.05, 4.69) is 122 Å². The zero-order valence-corrected chi connectivity index (χ0v) is 29.6. The van der Waals surface area contributed by atoms with E-state index in [0.29, 0.717) is 19.8 Å². The summed E-state index contributed by atoms with van der Waals surface area (Å²) in [5, 5.41) is 0. The second-order valence-corrected chi connectivity index (χ2v) is 13.2. The average molecular weight is 649 g/mol. The van der Waals surface area contributed by atoms with Crippen LogP contribution in [0.1, 0.15) is 119 Å². The van der Waals surface area contributed by atoms with Crippen molar-refractivity contribution < 1.29 is 14.2 Å². The molecule has 0 unspecified atom stereocenters. The minimum absolute atomic E-state index is 0.215. The maximum Gasteiger partial charge on any atom is 0.143 e. The molecule has 0 amide bonds. The lowest BCUT2D eigenvalue weighted by Gasteiger charge is -2.37. The molecule has 1 atom stereocenters. The SMILES string of the molecule is CCCCCCCCCCCCCCCCOC[C@H](COC(c1ccccc1)(c1ccccc1)c1ccccc1)OCc1ccccc1. The van der Waals surface area contributed by atoms with Crippen LogP contribution in [0.4, 0.5) is 0 Å². The molecule has 0 aliphatic heterocycles. The van der Waals surface area contributed by atoms with Crippen LogP contribution < -0.4 is 0 Å². The molecule has 0 saturated carbocycles. The first-order chi connectivity index (χ1) is 23.8. The standard InChI is InChI=1S/C45H60O3/c1-2-3-4-5-6-7-8-9-10-11-12-13-14-27-36-46-38-44(47-37-40-28-19-15-20-29-40)39-48-45(41-30-21-16-22-31-41,42-32-23-17-24-33-42)43-34-25-18-26-35-43/h15-26,28-35,44H,2-14,27,36-39H2,1H3/t44-/m1/s1. The van der Waals surface area contributed by atoms with Crippen LogP contribution in [0.15, 0.2) is 121 Å². The van der Waals surface area contributed by atoms with Crippen LogP contribution in [0.5, 0.6) is 0 Å². The molecule has 0 radical (unpaired) electrons. The van der Waals surface area contributed by atoms with Crippen molar-refractivity contribution in [2.24, 2.45) is 0 Å². The number of hydrogen-bond acceptors (Lipinski definition) is 3. The first-order valence-electron chi connectivity index (χ1n) is 18.9. The molecule has 48 heavy (non-hydrogen) atoms. The Labute approximate surface area is 292 Å². The van der Waals surface area contributed by atoms with E-state index in [0.717, 1.165) is 35.3 Å². The summed E-state index contributed by atoms with van der Waals surface area (Å²) in [6.07, 6.45) is 18.8. The summed E-state index contributed by atoms with van der Waals surface area (Å²) in [5.74, 6) is 0. The van der Waals surface area contributed by atoms with E-state index in [4.69, 9.17) is 14.2 Å². The van der Waals surface area contributed by atoms with Gasteiger partial charge in [0.25, 0.3) is 0 Å². The lowest BCUT2D eigenvalue weighted by molar-refractivity contribution is -0.0968. The Hall–Kier alpha value is -3.24. The van der Waals surface area contributed by atoms with E-state index >= 15 is 0 Å². The minimum Gasteiger partial charge on any atom is -0.379 e. The number of benzene rings is 4. The van der Waals surface area contributed by atoms with Gasteiger partial charge in [-0.1, -0.05) is 212 Å². The Morgan fingerprint density at radius 1 is 0.458 bits per heavy atom. The highest BCUT2D eigenvalue weighted by atomic mass is 16.6. The van der Waals surface area contributed by atoms with Crippen molar-refractivity contribution in [1.29, 1.82) is 0 Å². The Morgan fingerprint density at radius 2 is 0.854 bits per heavy atom. The van der Waals surface area contributed by atoms with Crippen molar-refractivity contribution in [2.75, 3.05) is 19.8 Å². The van der Waals surface area contributed by atoms with Gasteiger partial charge in [0.2, 0.25) is 0 Å². The minimum atomic E-state index is -0.785. The van der Waals surface area contributed by atoms with Gasteiger partial charge in [0.05, 0.1) is 19.8 Å². The fraction of sp³-hybridized carbons (Fsp3) is 0.467. The van der Waals surface area contributed by atoms with Gasteiger partial charge in [-0.15, -0.1) is 0 Å². The van der Waals surface area contributed by atoms with E-state index in [-0.39, 0.29) is 6.10 Å². The second-order valence-electron chi connectivity index (χ2n) is 13.2. The van der Waals surface area contributed by atoms with E-state index < -0.39 is 5.60 Å². The molecule has 3 nitrogen and oxygen atoms in total. The van der Waals surface area contributed by atoms with Gasteiger partial charge in [-0.25, -0.2) is 0 Å². The Bertz CT molecular complexity index is 1210. The summed E-state index contributed by atoms with van der Waals surface area (Å²) in [6, 6.07) is 42.0. The van der Waals surface area contributed by atoms with Crippen LogP contribution >= 0.6 is 0 Å². The van der Waals surface area contributed by atoms with Crippen molar-refractivity contribution in [3.8, 4) is 0 Å². The fourth-order valence-electron chi connectivity index (χ4n) is 6.53. The van der Waals surface area contributed by atoms with Crippen LogP contribution in [-0.4, -0.2) is 25.9 Å². The van der Waals surface area contributed by atoms with E-state index in [9.17, 15) is 0 Å². The third-order valence-corrected chi connectivity index (χ3v) is 9.30. The van der Waals surface area contributed by atoms with Crippen LogP contribution in [-0.2, 0) is 26.4 Å². The van der Waals surface area contributed by atoms with Crippen molar-refractivity contribution in [2.45, 2.75) is 115 Å². The van der Waals surface area contributed by atoms with Crippen LogP contribution in [0.3, 0.4) is 0 Å². The predicted molar refractivity (Wildman–Crippen MR) is 201 cm³/mol. The molecule has 0 heterocycles. The molecule has 0 N–H and O–H groups in total. The molecule has 0 bridgehead atoms. The molecular formula is C45H60O3. The molecule has 4 rings (SSSR count). The highest BCUT2D eigenvalue weighted by Crippen LogP contribution is 2.40. The van der Waals surface area contributed by atoms with Crippen molar-refractivity contribution in [1.82, 2.24) is 0 Å². The average Bonchev–Trinajstić information content (AvgIpc) is 3.15. The topological polar surface area (TPSA) is 27.7 Å². The van der Waals surface area contributed by atoms with Crippen LogP contribution in [0, 0.1) is 0 Å². The van der Waals surface area contributed by atoms with Crippen LogP contribution in [0.25, 0.3) is 0 Å². The van der Waals surface area contributed by atoms with E-state index in [1.165, 1.54) is 83.5 Å². The summed E-state index contributed by atoms with van der Waals surface area (Å²) in [6.45, 7) is 4.46. The molecule has 258 valence electrons. The Kier molecular flexibility index (Phi) is 18.1. The zero-order valence-electron chi connectivity index (χ0n) is 29.6. The summed E-state index contributed by atoms with van der Waals surface area (Å²) in [7, 11) is 0. The number of ether oxygens (including phenoxy) is 3. The van der Waals surface area contributed by atoms with E-state index in [1.54, 1.807) is 0 Å². The van der Waals surface area contributed by atoms with Gasteiger partial charge >= 0.3 is 0 Å². The first-order valence-corrected chi connectivity index (χ1v) is 18.9. The predicted octanol–water partition coefficient (Wildman–Crippen LogP) is 12.1. The van der Waals surface area contributed by atoms with Gasteiger partial charge in [0.15, 0.2) is 0 Å². The van der Waals surface area contributed by atoms with Gasteiger partial charge in [-0.05, 0) is 28.7 Å². The summed E-state index contributed by atoms with van der Waals surface area (Å²) >= 11 is 0. The molecule has 4 aromatic rings. The summed E-state index contributed by atoms with van der Waals surface area (Å²) in [4.78, 5) is 0. The van der Waals surface area contributed by atoms with Crippen LogP contribution in [0.2, 0.25) is 0 Å². The Balaban J connectivity index is 1.29. The molecule has 4 aromatic carbocycles. The van der Waals surface area contributed by atoms with Crippen molar-refractivity contribution in [3.63, 3.8) is 0 Å².